The zero-order valence-corrected chi connectivity index (χ0v) is 8.11. The lowest BCUT2D eigenvalue weighted by Crippen LogP contribution is -2.15. The lowest BCUT2D eigenvalue weighted by atomic mass is 10.2. The van der Waals surface area contributed by atoms with E-state index in [1.165, 1.54) is 5.57 Å². The highest BCUT2D eigenvalue weighted by Gasteiger charge is 2.30. The number of ether oxygens (including phenoxy) is 2. The van der Waals surface area contributed by atoms with Crippen LogP contribution in [-0.2, 0) is 9.47 Å². The SMILES string of the molecule is CC(C)=C/C=C/[C@@H]1OC(=O)O[C@H]1C. The topological polar surface area (TPSA) is 35.5 Å². The van der Waals surface area contributed by atoms with Crippen molar-refractivity contribution in [2.75, 3.05) is 0 Å². The van der Waals surface area contributed by atoms with E-state index in [2.05, 4.69) is 0 Å². The maximum atomic E-state index is 10.7. The van der Waals surface area contributed by atoms with Crippen LogP contribution in [0.1, 0.15) is 20.8 Å². The molecule has 1 fully saturated rings. The Balaban J connectivity index is 2.50. The van der Waals surface area contributed by atoms with Crippen molar-refractivity contribution in [1.82, 2.24) is 0 Å². The fourth-order valence-electron chi connectivity index (χ4n) is 1.01. The van der Waals surface area contributed by atoms with Crippen molar-refractivity contribution in [3.8, 4) is 0 Å². The third-order valence-electron chi connectivity index (χ3n) is 1.71. The van der Waals surface area contributed by atoms with Crippen molar-refractivity contribution in [3.63, 3.8) is 0 Å². The first kappa shape index (κ1) is 9.84. The van der Waals surface area contributed by atoms with Crippen molar-refractivity contribution >= 4 is 6.16 Å². The van der Waals surface area contributed by atoms with Crippen molar-refractivity contribution in [2.45, 2.75) is 33.0 Å². The highest BCUT2D eigenvalue weighted by Crippen LogP contribution is 2.15. The summed E-state index contributed by atoms with van der Waals surface area (Å²) in [5.41, 5.74) is 1.20. The summed E-state index contributed by atoms with van der Waals surface area (Å²) in [4.78, 5) is 10.7. The number of cyclic esters (lactones) is 2. The molecule has 0 aromatic heterocycles. The van der Waals surface area contributed by atoms with Crippen molar-refractivity contribution in [3.05, 3.63) is 23.8 Å². The molecule has 0 aliphatic carbocycles. The standard InChI is InChI=1S/C10H14O3/c1-7(2)5-4-6-9-8(3)12-10(11)13-9/h4-6,8-9H,1-3H3/b6-4+/t8-,9-/m0/s1. The third-order valence-corrected chi connectivity index (χ3v) is 1.71. The second-order valence-electron chi connectivity index (χ2n) is 3.28. The number of carbonyl (C=O) groups excluding carboxylic acids is 1. The summed E-state index contributed by atoms with van der Waals surface area (Å²) in [6.07, 6.45) is 4.64. The van der Waals surface area contributed by atoms with E-state index in [1.54, 1.807) is 0 Å². The van der Waals surface area contributed by atoms with E-state index in [9.17, 15) is 4.79 Å². The van der Waals surface area contributed by atoms with Gasteiger partial charge in [-0.2, -0.15) is 0 Å². The normalized spacial score (nSPS) is 27.2. The Bertz CT molecular complexity index is 249. The molecule has 0 aromatic carbocycles. The predicted octanol–water partition coefficient (Wildman–Crippen LogP) is 2.43. The van der Waals surface area contributed by atoms with Gasteiger partial charge in [0.15, 0.2) is 6.10 Å². The van der Waals surface area contributed by atoms with Gasteiger partial charge in [-0.25, -0.2) is 4.79 Å². The quantitative estimate of drug-likeness (QED) is 0.486. The Hall–Kier alpha value is -1.25. The minimum Gasteiger partial charge on any atom is -0.427 e. The molecule has 0 saturated carbocycles. The summed E-state index contributed by atoms with van der Waals surface area (Å²) in [6.45, 7) is 5.82. The van der Waals surface area contributed by atoms with E-state index in [1.807, 2.05) is 39.0 Å². The lowest BCUT2D eigenvalue weighted by Gasteiger charge is -2.03. The Morgan fingerprint density at radius 3 is 2.54 bits per heavy atom. The van der Waals surface area contributed by atoms with Crippen molar-refractivity contribution in [2.24, 2.45) is 0 Å². The molecule has 1 aliphatic heterocycles. The molecule has 2 atom stereocenters. The van der Waals surface area contributed by atoms with Crippen LogP contribution in [0.15, 0.2) is 23.8 Å². The summed E-state index contributed by atoms with van der Waals surface area (Å²) in [6, 6.07) is 0. The molecule has 0 amide bonds. The number of rotatable bonds is 2. The van der Waals surface area contributed by atoms with Gasteiger partial charge in [-0.15, -0.1) is 0 Å². The van der Waals surface area contributed by atoms with E-state index in [0.29, 0.717) is 0 Å². The molecule has 1 aliphatic rings. The minimum absolute atomic E-state index is 0.186. The number of allylic oxidation sites excluding steroid dienone is 3. The molecule has 1 rings (SSSR count). The average Bonchev–Trinajstić information content (AvgIpc) is 2.29. The summed E-state index contributed by atoms with van der Waals surface area (Å²) in [5, 5.41) is 0. The number of carbonyl (C=O) groups is 1. The van der Waals surface area contributed by atoms with Gasteiger partial charge in [0.25, 0.3) is 0 Å². The van der Waals surface area contributed by atoms with E-state index in [0.717, 1.165) is 0 Å². The van der Waals surface area contributed by atoms with Crippen LogP contribution in [0.25, 0.3) is 0 Å². The second kappa shape index (κ2) is 4.12. The first-order valence-corrected chi connectivity index (χ1v) is 4.28. The first-order chi connectivity index (χ1) is 6.09. The van der Waals surface area contributed by atoms with Gasteiger partial charge in [-0.1, -0.05) is 17.7 Å². The summed E-state index contributed by atoms with van der Waals surface area (Å²) < 4.78 is 9.68. The van der Waals surface area contributed by atoms with E-state index >= 15 is 0 Å². The zero-order valence-electron chi connectivity index (χ0n) is 8.11. The van der Waals surface area contributed by atoms with Crippen LogP contribution in [0.5, 0.6) is 0 Å². The lowest BCUT2D eigenvalue weighted by molar-refractivity contribution is 0.120. The average molecular weight is 182 g/mol. The van der Waals surface area contributed by atoms with Gasteiger partial charge >= 0.3 is 6.16 Å². The van der Waals surface area contributed by atoms with E-state index in [4.69, 9.17) is 9.47 Å². The Kier molecular flexibility index (Phi) is 3.12. The second-order valence-corrected chi connectivity index (χ2v) is 3.28. The van der Waals surface area contributed by atoms with Gasteiger partial charge in [-0.3, -0.25) is 0 Å². The smallest absolute Gasteiger partial charge is 0.427 e. The van der Waals surface area contributed by atoms with Gasteiger partial charge in [0.2, 0.25) is 0 Å². The Morgan fingerprint density at radius 2 is 2.08 bits per heavy atom. The molecule has 72 valence electrons. The molecule has 0 spiro atoms. The molecule has 0 N–H and O–H groups in total. The van der Waals surface area contributed by atoms with Crippen LogP contribution in [0.2, 0.25) is 0 Å². The van der Waals surface area contributed by atoms with Crippen LogP contribution in [0.3, 0.4) is 0 Å². The number of hydrogen-bond donors (Lipinski definition) is 0. The molecule has 1 heterocycles. The van der Waals surface area contributed by atoms with Crippen molar-refractivity contribution < 1.29 is 14.3 Å². The van der Waals surface area contributed by atoms with Crippen LogP contribution in [-0.4, -0.2) is 18.4 Å². The van der Waals surface area contributed by atoms with E-state index < -0.39 is 6.16 Å². The van der Waals surface area contributed by atoms with Gasteiger partial charge in [0.1, 0.15) is 6.10 Å². The van der Waals surface area contributed by atoms with Crippen molar-refractivity contribution in [1.29, 1.82) is 0 Å². The first-order valence-electron chi connectivity index (χ1n) is 4.28. The minimum atomic E-state index is -0.584. The molecule has 3 heteroatoms. The zero-order chi connectivity index (χ0) is 9.84. The summed E-state index contributed by atoms with van der Waals surface area (Å²) in [5.74, 6) is 0. The number of hydrogen-bond acceptors (Lipinski definition) is 3. The highest BCUT2D eigenvalue weighted by atomic mass is 16.8. The van der Waals surface area contributed by atoms with Crippen LogP contribution < -0.4 is 0 Å². The largest absolute Gasteiger partial charge is 0.509 e. The monoisotopic (exact) mass is 182 g/mol. The Labute approximate surface area is 78.0 Å². The third kappa shape index (κ3) is 2.93. The molecular formula is C10H14O3. The van der Waals surface area contributed by atoms with Gasteiger partial charge in [0.05, 0.1) is 0 Å². The maximum Gasteiger partial charge on any atom is 0.509 e. The Morgan fingerprint density at radius 1 is 1.38 bits per heavy atom. The maximum absolute atomic E-state index is 10.7. The molecule has 1 saturated heterocycles. The molecule has 0 bridgehead atoms. The van der Waals surface area contributed by atoms with Gasteiger partial charge < -0.3 is 9.47 Å². The molecular weight excluding hydrogens is 168 g/mol. The highest BCUT2D eigenvalue weighted by molar-refractivity contribution is 5.62. The summed E-state index contributed by atoms with van der Waals surface area (Å²) >= 11 is 0. The van der Waals surface area contributed by atoms with Gasteiger partial charge in [0, 0.05) is 0 Å². The fraction of sp³-hybridized carbons (Fsp3) is 0.500. The molecule has 0 unspecified atom stereocenters. The van der Waals surface area contributed by atoms with Gasteiger partial charge in [-0.05, 0) is 26.8 Å². The molecule has 0 radical (unpaired) electrons. The molecule has 13 heavy (non-hydrogen) atoms. The van der Waals surface area contributed by atoms with Crippen LogP contribution in [0.4, 0.5) is 4.79 Å². The van der Waals surface area contributed by atoms with Crippen LogP contribution >= 0.6 is 0 Å². The fourth-order valence-corrected chi connectivity index (χ4v) is 1.01. The van der Waals surface area contributed by atoms with Crippen LogP contribution in [0, 0.1) is 0 Å². The summed E-state index contributed by atoms with van der Waals surface area (Å²) in [7, 11) is 0. The molecule has 0 aromatic rings. The molecule has 3 nitrogen and oxygen atoms in total. The van der Waals surface area contributed by atoms with E-state index in [-0.39, 0.29) is 12.2 Å². The predicted molar refractivity (Wildman–Crippen MR) is 49.4 cm³/mol.